The molecule has 0 heterocycles. The molecular formula is C2H5N3O5. The van der Waals surface area contributed by atoms with Crippen molar-refractivity contribution in [1.29, 1.82) is 0 Å². The lowest BCUT2D eigenvalue weighted by Gasteiger charge is -2.03. The van der Waals surface area contributed by atoms with Gasteiger partial charge in [0.25, 0.3) is 5.09 Å². The molecule has 1 atom stereocenters. The molecule has 8 heteroatoms. The summed E-state index contributed by atoms with van der Waals surface area (Å²) in [5.41, 5.74) is 1.53. The molecule has 1 unspecified atom stereocenters. The second-order valence-corrected chi connectivity index (χ2v) is 1.36. The maximum absolute atomic E-state index is 9.58. The van der Waals surface area contributed by atoms with E-state index in [1.54, 1.807) is 0 Å². The van der Waals surface area contributed by atoms with E-state index < -0.39 is 16.3 Å². The molecule has 0 amide bonds. The lowest BCUT2D eigenvalue weighted by molar-refractivity contribution is -0.780. The van der Waals surface area contributed by atoms with Gasteiger partial charge in [0.1, 0.15) is 0 Å². The van der Waals surface area contributed by atoms with Crippen LogP contribution in [0.3, 0.4) is 0 Å². The molecule has 0 spiro atoms. The Hall–Kier alpha value is -1.60. The Balaban J connectivity index is 3.53. The molecule has 0 aromatic carbocycles. The van der Waals surface area contributed by atoms with E-state index >= 15 is 0 Å². The van der Waals surface area contributed by atoms with Crippen LogP contribution in [-0.2, 0) is 4.84 Å². The fourth-order valence-corrected chi connectivity index (χ4v) is 0.301. The zero-order chi connectivity index (χ0) is 8.15. The number of hydrazine groups is 1. The van der Waals surface area contributed by atoms with Gasteiger partial charge < -0.3 is 0 Å². The fourth-order valence-electron chi connectivity index (χ4n) is 0.301. The summed E-state index contributed by atoms with van der Waals surface area (Å²) in [6.45, 7) is 1.14. The predicted molar refractivity (Wildman–Crippen MR) is 27.7 cm³/mol. The Bertz CT molecular complexity index is 130. The molecule has 0 aliphatic carbocycles. The fraction of sp³-hybridized carbons (Fsp3) is 1.00. The summed E-state index contributed by atoms with van der Waals surface area (Å²) < 4.78 is 0. The molecular weight excluding hydrogens is 146 g/mol. The van der Waals surface area contributed by atoms with Gasteiger partial charge in [0.05, 0.1) is 0 Å². The largest absolute Gasteiger partial charge is 0.296 e. The van der Waals surface area contributed by atoms with E-state index in [0.29, 0.717) is 0 Å². The Labute approximate surface area is 55.0 Å². The molecule has 0 bridgehead atoms. The van der Waals surface area contributed by atoms with Crippen LogP contribution in [0.1, 0.15) is 6.92 Å². The minimum atomic E-state index is -1.23. The van der Waals surface area contributed by atoms with E-state index in [4.69, 9.17) is 0 Å². The van der Waals surface area contributed by atoms with Crippen molar-refractivity contribution < 1.29 is 15.0 Å². The second kappa shape index (κ2) is 3.43. The summed E-state index contributed by atoms with van der Waals surface area (Å²) in [6, 6.07) is 0. The number of nitrogens with zero attached hydrogens (tertiary/aromatic N) is 2. The van der Waals surface area contributed by atoms with E-state index in [2.05, 4.69) is 4.84 Å². The third-order valence-electron chi connectivity index (χ3n) is 0.531. The minimum Gasteiger partial charge on any atom is -0.284 e. The summed E-state index contributed by atoms with van der Waals surface area (Å²) in [4.78, 5) is 22.8. The predicted octanol–water partition coefficient (Wildman–Crippen LogP) is -0.678. The standard InChI is InChI=1S/C2H5N3O5/c1-2(3-4(6)7)10-5(8)9/h2-3H,1H3. The average molecular weight is 151 g/mol. The van der Waals surface area contributed by atoms with Crippen LogP contribution >= 0.6 is 0 Å². The van der Waals surface area contributed by atoms with Gasteiger partial charge in [-0.1, -0.05) is 0 Å². The van der Waals surface area contributed by atoms with Gasteiger partial charge in [-0.3, -0.25) is 4.84 Å². The van der Waals surface area contributed by atoms with Gasteiger partial charge in [-0.2, -0.15) is 0 Å². The molecule has 1 N–H and O–H groups in total. The normalized spacial score (nSPS) is 11.7. The lowest BCUT2D eigenvalue weighted by atomic mass is 10.7. The van der Waals surface area contributed by atoms with E-state index in [1.807, 2.05) is 0 Å². The maximum Gasteiger partial charge on any atom is 0.296 e. The van der Waals surface area contributed by atoms with Gasteiger partial charge in [-0.05, 0) is 6.92 Å². The SMILES string of the molecule is CC(N[N+](=O)[O-])O[N+](=O)[O-]. The summed E-state index contributed by atoms with van der Waals surface area (Å²) in [6.07, 6.45) is -1.23. The summed E-state index contributed by atoms with van der Waals surface area (Å²) in [7, 11) is 0. The molecule has 0 aromatic heterocycles. The smallest absolute Gasteiger partial charge is 0.284 e. The summed E-state index contributed by atoms with van der Waals surface area (Å²) in [5.74, 6) is 0. The molecule has 0 aliphatic rings. The van der Waals surface area contributed by atoms with Crippen LogP contribution in [0.2, 0.25) is 0 Å². The van der Waals surface area contributed by atoms with Crippen LogP contribution in [0.4, 0.5) is 0 Å². The molecule has 0 rings (SSSR count). The molecule has 0 fully saturated rings. The lowest BCUT2D eigenvalue weighted by Crippen LogP contribution is -2.35. The number of hydrogen-bond donors (Lipinski definition) is 1. The van der Waals surface area contributed by atoms with Crippen molar-refractivity contribution in [2.45, 2.75) is 13.2 Å². The van der Waals surface area contributed by atoms with Crippen molar-refractivity contribution in [3.8, 4) is 0 Å². The molecule has 0 saturated carbocycles. The number of hydrogen-bond acceptors (Lipinski definition) is 5. The number of nitro groups is 1. The molecule has 0 aliphatic heterocycles. The maximum atomic E-state index is 9.58. The topological polar surface area (TPSA) is 108 Å². The highest BCUT2D eigenvalue weighted by atomic mass is 17.0. The summed E-state index contributed by atoms with van der Waals surface area (Å²) in [5, 5.41) is 17.1. The van der Waals surface area contributed by atoms with Crippen LogP contribution in [0.15, 0.2) is 0 Å². The monoisotopic (exact) mass is 151 g/mol. The molecule has 0 aromatic rings. The number of rotatable bonds is 4. The molecule has 10 heavy (non-hydrogen) atoms. The van der Waals surface area contributed by atoms with Gasteiger partial charge in [0.2, 0.25) is 6.23 Å². The van der Waals surface area contributed by atoms with Gasteiger partial charge in [0, 0.05) is 0 Å². The van der Waals surface area contributed by atoms with Crippen LogP contribution in [0, 0.1) is 20.2 Å². The van der Waals surface area contributed by atoms with E-state index in [-0.39, 0.29) is 0 Å². The van der Waals surface area contributed by atoms with Gasteiger partial charge in [0.15, 0.2) is 5.03 Å². The van der Waals surface area contributed by atoms with Crippen molar-refractivity contribution in [1.82, 2.24) is 5.43 Å². The Morgan fingerprint density at radius 3 is 2.30 bits per heavy atom. The van der Waals surface area contributed by atoms with E-state index in [0.717, 1.165) is 6.92 Å². The third-order valence-corrected chi connectivity index (χ3v) is 0.531. The van der Waals surface area contributed by atoms with Crippen LogP contribution in [0.5, 0.6) is 0 Å². The minimum absolute atomic E-state index is 0.922. The van der Waals surface area contributed by atoms with Gasteiger partial charge in [-0.15, -0.1) is 15.5 Å². The van der Waals surface area contributed by atoms with Crippen LogP contribution in [-0.4, -0.2) is 16.3 Å². The van der Waals surface area contributed by atoms with Crippen molar-refractivity contribution in [2.24, 2.45) is 0 Å². The first-order valence-electron chi connectivity index (χ1n) is 2.24. The number of nitrogens with one attached hydrogen (secondary N) is 1. The van der Waals surface area contributed by atoms with Crippen molar-refractivity contribution in [3.63, 3.8) is 0 Å². The quantitative estimate of drug-likeness (QED) is 0.324. The highest BCUT2D eigenvalue weighted by Crippen LogP contribution is 1.83. The van der Waals surface area contributed by atoms with E-state index in [9.17, 15) is 20.2 Å². The second-order valence-electron chi connectivity index (χ2n) is 1.36. The zero-order valence-corrected chi connectivity index (χ0v) is 5.01. The highest BCUT2D eigenvalue weighted by molar-refractivity contribution is 4.27. The van der Waals surface area contributed by atoms with Crippen molar-refractivity contribution in [3.05, 3.63) is 20.2 Å². The average Bonchev–Trinajstić information content (AvgIpc) is 1.58. The van der Waals surface area contributed by atoms with Crippen LogP contribution < -0.4 is 5.43 Å². The van der Waals surface area contributed by atoms with Crippen molar-refractivity contribution >= 4 is 0 Å². The molecule has 0 saturated heterocycles. The Morgan fingerprint density at radius 1 is 1.50 bits per heavy atom. The van der Waals surface area contributed by atoms with Gasteiger partial charge in [-0.25, -0.2) is 10.1 Å². The zero-order valence-electron chi connectivity index (χ0n) is 5.01. The summed E-state index contributed by atoms with van der Waals surface area (Å²) >= 11 is 0. The third kappa shape index (κ3) is 4.56. The van der Waals surface area contributed by atoms with Gasteiger partial charge >= 0.3 is 0 Å². The molecule has 0 radical (unpaired) electrons. The Morgan fingerprint density at radius 2 is 2.00 bits per heavy atom. The molecule has 8 nitrogen and oxygen atoms in total. The first kappa shape index (κ1) is 8.40. The van der Waals surface area contributed by atoms with Crippen molar-refractivity contribution in [2.75, 3.05) is 0 Å². The Kier molecular flexibility index (Phi) is 2.88. The van der Waals surface area contributed by atoms with Crippen LogP contribution in [0.25, 0.3) is 0 Å². The first-order valence-corrected chi connectivity index (χ1v) is 2.24. The molecule has 58 valence electrons. The highest BCUT2D eigenvalue weighted by Gasteiger charge is 2.09. The van der Waals surface area contributed by atoms with E-state index in [1.165, 1.54) is 5.43 Å². The first-order chi connectivity index (χ1) is 4.52.